The van der Waals surface area contributed by atoms with Crippen molar-refractivity contribution in [1.82, 2.24) is 10.2 Å². The Morgan fingerprint density at radius 2 is 1.55 bits per heavy atom. The lowest BCUT2D eigenvalue weighted by atomic mass is 10.0. The lowest BCUT2D eigenvalue weighted by molar-refractivity contribution is -0.143. The van der Waals surface area contributed by atoms with Gasteiger partial charge in [0.15, 0.2) is 6.61 Å². The third kappa shape index (κ3) is 6.80. The summed E-state index contributed by atoms with van der Waals surface area (Å²) >= 11 is 0. The quantitative estimate of drug-likeness (QED) is 0.267. The summed E-state index contributed by atoms with van der Waals surface area (Å²) in [6.07, 6.45) is 1.22. The fourth-order valence-electron chi connectivity index (χ4n) is 4.51. The van der Waals surface area contributed by atoms with Crippen LogP contribution in [0, 0.1) is 6.92 Å². The molecule has 0 aliphatic carbocycles. The van der Waals surface area contributed by atoms with E-state index in [9.17, 15) is 9.59 Å². The van der Waals surface area contributed by atoms with Crippen LogP contribution in [-0.2, 0) is 22.6 Å². The first-order valence-electron chi connectivity index (χ1n) is 13.2. The summed E-state index contributed by atoms with van der Waals surface area (Å²) in [6.45, 7) is 6.19. The summed E-state index contributed by atoms with van der Waals surface area (Å²) in [7, 11) is 0. The molecule has 0 fully saturated rings. The zero-order chi connectivity index (χ0) is 26.9. The molecule has 0 heterocycles. The second-order valence-corrected chi connectivity index (χ2v) is 9.74. The fraction of sp³-hybridized carbons (Fsp3) is 0.273. The molecule has 4 rings (SSSR count). The van der Waals surface area contributed by atoms with Crippen LogP contribution in [0.25, 0.3) is 10.8 Å². The molecule has 196 valence electrons. The predicted octanol–water partition coefficient (Wildman–Crippen LogP) is 6.08. The number of nitrogens with one attached hydrogen (secondary N) is 1. The van der Waals surface area contributed by atoms with Crippen LogP contribution in [0.4, 0.5) is 0 Å². The number of benzene rings is 4. The van der Waals surface area contributed by atoms with Crippen molar-refractivity contribution in [2.75, 3.05) is 6.61 Å². The van der Waals surface area contributed by atoms with Crippen LogP contribution in [0.2, 0.25) is 0 Å². The average molecular weight is 509 g/mol. The Morgan fingerprint density at radius 3 is 2.32 bits per heavy atom. The molecule has 0 radical (unpaired) electrons. The Labute approximate surface area is 225 Å². The molecule has 0 saturated carbocycles. The van der Waals surface area contributed by atoms with Gasteiger partial charge in [0.2, 0.25) is 5.91 Å². The second-order valence-electron chi connectivity index (χ2n) is 9.74. The SMILES string of the molecule is CC[C@H](C)NC(=O)[C@@H](Cc1ccccc1)N(Cc1ccccc1C)C(=O)COc1cccc2ccccc12. The molecule has 0 aliphatic heterocycles. The standard InChI is InChI=1S/C33H36N2O3/c1-4-25(3)34-33(37)30(21-26-14-6-5-7-15-26)35(22-28-17-9-8-13-24(28)2)32(36)23-38-31-20-12-18-27-16-10-11-19-29(27)31/h5-20,25,30H,4,21-23H2,1-3H3,(H,34,37)/t25-,30+/m0/s1. The number of hydrogen-bond donors (Lipinski definition) is 1. The van der Waals surface area contributed by atoms with Crippen LogP contribution < -0.4 is 10.1 Å². The van der Waals surface area contributed by atoms with Gasteiger partial charge in [0.25, 0.3) is 5.91 Å². The molecule has 2 amide bonds. The van der Waals surface area contributed by atoms with Crippen LogP contribution in [-0.4, -0.2) is 35.4 Å². The molecule has 0 aromatic heterocycles. The zero-order valence-corrected chi connectivity index (χ0v) is 22.4. The maximum atomic E-state index is 13.9. The van der Waals surface area contributed by atoms with E-state index in [1.165, 1.54) is 0 Å². The van der Waals surface area contributed by atoms with Crippen LogP contribution in [0.1, 0.15) is 37.0 Å². The van der Waals surface area contributed by atoms with Gasteiger partial charge in [0, 0.05) is 24.4 Å². The highest BCUT2D eigenvalue weighted by Crippen LogP contribution is 2.25. The monoisotopic (exact) mass is 508 g/mol. The van der Waals surface area contributed by atoms with Crippen molar-refractivity contribution in [3.8, 4) is 5.75 Å². The van der Waals surface area contributed by atoms with E-state index < -0.39 is 6.04 Å². The van der Waals surface area contributed by atoms with Crippen molar-refractivity contribution in [2.45, 2.75) is 52.2 Å². The van der Waals surface area contributed by atoms with Gasteiger partial charge in [0.1, 0.15) is 11.8 Å². The number of hydrogen-bond acceptors (Lipinski definition) is 3. The van der Waals surface area contributed by atoms with Crippen molar-refractivity contribution in [1.29, 1.82) is 0 Å². The summed E-state index contributed by atoms with van der Waals surface area (Å²) in [6, 6.07) is 30.9. The highest BCUT2D eigenvalue weighted by Gasteiger charge is 2.31. The number of ether oxygens (including phenoxy) is 1. The predicted molar refractivity (Wildman–Crippen MR) is 153 cm³/mol. The Hall–Kier alpha value is -4.12. The van der Waals surface area contributed by atoms with Crippen LogP contribution in [0.15, 0.2) is 97.1 Å². The van der Waals surface area contributed by atoms with Gasteiger partial charge in [-0.3, -0.25) is 9.59 Å². The lowest BCUT2D eigenvalue weighted by Crippen LogP contribution is -2.53. The first kappa shape index (κ1) is 26.9. The average Bonchev–Trinajstić information content (AvgIpc) is 2.94. The van der Waals surface area contributed by atoms with Gasteiger partial charge >= 0.3 is 0 Å². The first-order valence-corrected chi connectivity index (χ1v) is 13.2. The van der Waals surface area contributed by atoms with Gasteiger partial charge in [-0.05, 0) is 48.4 Å². The third-order valence-corrected chi connectivity index (χ3v) is 6.97. The minimum Gasteiger partial charge on any atom is -0.483 e. The maximum Gasteiger partial charge on any atom is 0.261 e. The van der Waals surface area contributed by atoms with Gasteiger partial charge in [-0.25, -0.2) is 0 Å². The van der Waals surface area contributed by atoms with Crippen molar-refractivity contribution in [3.63, 3.8) is 0 Å². The van der Waals surface area contributed by atoms with E-state index in [1.54, 1.807) is 4.90 Å². The molecule has 2 atom stereocenters. The first-order chi connectivity index (χ1) is 18.5. The van der Waals surface area contributed by atoms with E-state index >= 15 is 0 Å². The minimum absolute atomic E-state index is 0.00289. The van der Waals surface area contributed by atoms with E-state index in [-0.39, 0.29) is 24.5 Å². The number of carbonyl (C=O) groups is 2. The Bertz CT molecular complexity index is 1360. The smallest absolute Gasteiger partial charge is 0.261 e. The fourth-order valence-corrected chi connectivity index (χ4v) is 4.51. The van der Waals surface area contributed by atoms with E-state index in [0.29, 0.717) is 18.7 Å². The van der Waals surface area contributed by atoms with E-state index in [4.69, 9.17) is 4.74 Å². The molecule has 0 aliphatic rings. The van der Waals surface area contributed by atoms with Gasteiger partial charge in [-0.1, -0.05) is 97.9 Å². The normalized spacial score (nSPS) is 12.5. The number of carbonyl (C=O) groups excluding carboxylic acids is 2. The molecule has 0 bridgehead atoms. The van der Waals surface area contributed by atoms with E-state index in [2.05, 4.69) is 5.32 Å². The van der Waals surface area contributed by atoms with Crippen molar-refractivity contribution in [2.24, 2.45) is 0 Å². The second kappa shape index (κ2) is 12.9. The molecule has 5 heteroatoms. The Morgan fingerprint density at radius 1 is 0.868 bits per heavy atom. The zero-order valence-electron chi connectivity index (χ0n) is 22.4. The summed E-state index contributed by atoms with van der Waals surface area (Å²) in [5, 5.41) is 5.10. The van der Waals surface area contributed by atoms with Gasteiger partial charge in [-0.15, -0.1) is 0 Å². The Balaban J connectivity index is 1.66. The van der Waals surface area contributed by atoms with Crippen LogP contribution in [0.3, 0.4) is 0 Å². The molecule has 0 unspecified atom stereocenters. The van der Waals surface area contributed by atoms with Gasteiger partial charge in [0.05, 0.1) is 0 Å². The largest absolute Gasteiger partial charge is 0.483 e. The maximum absolute atomic E-state index is 13.9. The van der Waals surface area contributed by atoms with E-state index in [1.807, 2.05) is 118 Å². The molecule has 38 heavy (non-hydrogen) atoms. The van der Waals surface area contributed by atoms with Crippen molar-refractivity contribution >= 4 is 22.6 Å². The number of amides is 2. The number of fused-ring (bicyclic) bond motifs is 1. The third-order valence-electron chi connectivity index (χ3n) is 6.97. The van der Waals surface area contributed by atoms with E-state index in [0.717, 1.165) is 33.9 Å². The molecular weight excluding hydrogens is 472 g/mol. The Kier molecular flexibility index (Phi) is 9.15. The minimum atomic E-state index is -0.686. The number of aryl methyl sites for hydroxylation is 1. The summed E-state index contributed by atoms with van der Waals surface area (Å²) < 4.78 is 6.09. The van der Waals surface area contributed by atoms with Crippen LogP contribution in [0.5, 0.6) is 5.75 Å². The van der Waals surface area contributed by atoms with Crippen molar-refractivity contribution < 1.29 is 14.3 Å². The molecule has 4 aromatic rings. The van der Waals surface area contributed by atoms with Gasteiger partial charge < -0.3 is 15.0 Å². The summed E-state index contributed by atoms with van der Waals surface area (Å²) in [5.74, 6) is 0.257. The molecule has 1 N–H and O–H groups in total. The highest BCUT2D eigenvalue weighted by atomic mass is 16.5. The highest BCUT2D eigenvalue weighted by molar-refractivity contribution is 5.90. The van der Waals surface area contributed by atoms with Crippen LogP contribution >= 0.6 is 0 Å². The number of rotatable bonds is 11. The number of nitrogens with zero attached hydrogens (tertiary/aromatic N) is 1. The molecule has 4 aromatic carbocycles. The topological polar surface area (TPSA) is 58.6 Å². The molecule has 0 spiro atoms. The lowest BCUT2D eigenvalue weighted by Gasteiger charge is -2.32. The molecule has 5 nitrogen and oxygen atoms in total. The molecular formula is C33H36N2O3. The summed E-state index contributed by atoms with van der Waals surface area (Å²) in [4.78, 5) is 29.2. The van der Waals surface area contributed by atoms with Gasteiger partial charge in [-0.2, -0.15) is 0 Å². The molecule has 0 saturated heterocycles. The summed E-state index contributed by atoms with van der Waals surface area (Å²) in [5.41, 5.74) is 3.07. The van der Waals surface area contributed by atoms with Crippen molar-refractivity contribution in [3.05, 3.63) is 114 Å².